The molecule has 1 aromatic heterocycles. The van der Waals surface area contributed by atoms with Crippen molar-refractivity contribution >= 4 is 51.1 Å². The van der Waals surface area contributed by atoms with Crippen molar-refractivity contribution < 1.29 is 4.74 Å². The summed E-state index contributed by atoms with van der Waals surface area (Å²) in [6.07, 6.45) is 1.80. The Hall–Kier alpha value is -1.89. The molecule has 140 valence electrons. The highest BCUT2D eigenvalue weighted by Crippen LogP contribution is 2.43. The van der Waals surface area contributed by atoms with Gasteiger partial charge in [0, 0.05) is 30.7 Å². The number of aliphatic imine (C=N–C) groups is 1. The van der Waals surface area contributed by atoms with Gasteiger partial charge in [-0.3, -0.25) is 0 Å². The molecule has 0 aliphatic rings. The zero-order chi connectivity index (χ0) is 19.4. The smallest absolute Gasteiger partial charge is 0.215 e. The number of nitrogens with zero attached hydrogens (tertiary/aromatic N) is 3. The van der Waals surface area contributed by atoms with Crippen LogP contribution in [-0.2, 0) is 0 Å². The minimum absolute atomic E-state index is 0.508. The molecule has 0 spiro atoms. The second-order valence-corrected chi connectivity index (χ2v) is 7.92. The zero-order valence-electron chi connectivity index (χ0n) is 15.2. The van der Waals surface area contributed by atoms with Crippen LogP contribution >= 0.6 is 39.1 Å². The van der Waals surface area contributed by atoms with Gasteiger partial charge < -0.3 is 9.64 Å². The Labute approximate surface area is 176 Å². The van der Waals surface area contributed by atoms with Crippen molar-refractivity contribution in [2.75, 3.05) is 13.6 Å². The van der Waals surface area contributed by atoms with Crippen molar-refractivity contribution in [3.8, 4) is 22.1 Å². The first-order chi connectivity index (χ1) is 13.0. The summed E-state index contributed by atoms with van der Waals surface area (Å²) in [5, 5.41) is 1.17. The fraction of sp³-hybridized carbons (Fsp3) is 0.200. The average Bonchev–Trinajstić information content (AvgIpc) is 3.04. The van der Waals surface area contributed by atoms with Gasteiger partial charge in [0.25, 0.3) is 0 Å². The first kappa shape index (κ1) is 19.9. The lowest BCUT2D eigenvalue weighted by Gasteiger charge is -2.11. The lowest BCUT2D eigenvalue weighted by atomic mass is 10.1. The summed E-state index contributed by atoms with van der Waals surface area (Å²) in [6.45, 7) is 4.94. The normalized spacial score (nSPS) is 11.1. The fourth-order valence-corrected chi connectivity index (χ4v) is 3.91. The van der Waals surface area contributed by atoms with Gasteiger partial charge in [-0.25, -0.2) is 4.99 Å². The number of aryl methyl sites for hydroxylation is 1. The van der Waals surface area contributed by atoms with Gasteiger partial charge in [-0.2, -0.15) is 4.37 Å². The number of aromatic nitrogens is 1. The molecule has 27 heavy (non-hydrogen) atoms. The quantitative estimate of drug-likeness (QED) is 0.293. The Morgan fingerprint density at radius 1 is 1.30 bits per heavy atom. The van der Waals surface area contributed by atoms with Crippen LogP contribution in [0, 0.1) is 6.92 Å². The standard InChI is InChI=1S/C20H19BrClN3OS/c1-4-25(3)12-23-16-11-15(22)17(10-13(16)2)26-20-18(21)19(24-27-20)14-8-6-5-7-9-14/h5-12H,4H2,1-3H3. The van der Waals surface area contributed by atoms with Crippen molar-refractivity contribution in [2.24, 2.45) is 4.99 Å². The number of hydrogen-bond acceptors (Lipinski definition) is 4. The monoisotopic (exact) mass is 463 g/mol. The first-order valence-electron chi connectivity index (χ1n) is 8.42. The van der Waals surface area contributed by atoms with Gasteiger partial charge in [-0.15, -0.1) is 0 Å². The topological polar surface area (TPSA) is 37.7 Å². The van der Waals surface area contributed by atoms with E-state index in [2.05, 4.69) is 32.2 Å². The van der Waals surface area contributed by atoms with Gasteiger partial charge in [0.1, 0.15) is 11.4 Å². The molecule has 0 aliphatic heterocycles. The number of rotatable bonds is 6. The van der Waals surface area contributed by atoms with Gasteiger partial charge in [0.05, 0.1) is 21.5 Å². The molecule has 3 aromatic rings. The maximum Gasteiger partial charge on any atom is 0.215 e. The highest BCUT2D eigenvalue weighted by molar-refractivity contribution is 9.10. The molecule has 0 bridgehead atoms. The minimum atomic E-state index is 0.508. The first-order valence-corrected chi connectivity index (χ1v) is 10.4. The fourth-order valence-electron chi connectivity index (χ4n) is 2.31. The molecule has 0 aliphatic carbocycles. The van der Waals surface area contributed by atoms with Crippen LogP contribution in [0.2, 0.25) is 5.02 Å². The predicted octanol–water partition coefficient (Wildman–Crippen LogP) is 6.94. The van der Waals surface area contributed by atoms with E-state index in [0.29, 0.717) is 15.8 Å². The third kappa shape index (κ3) is 4.69. The summed E-state index contributed by atoms with van der Waals surface area (Å²) in [5.41, 5.74) is 3.69. The van der Waals surface area contributed by atoms with Gasteiger partial charge in [0.2, 0.25) is 5.06 Å². The summed E-state index contributed by atoms with van der Waals surface area (Å²) >= 11 is 11.3. The van der Waals surface area contributed by atoms with E-state index >= 15 is 0 Å². The third-order valence-corrected chi connectivity index (χ3v) is 6.02. The van der Waals surface area contributed by atoms with E-state index in [0.717, 1.165) is 33.5 Å². The molecule has 1 heterocycles. The van der Waals surface area contributed by atoms with Gasteiger partial charge in [0.15, 0.2) is 0 Å². The average molecular weight is 465 g/mol. The molecule has 0 radical (unpaired) electrons. The van der Waals surface area contributed by atoms with E-state index in [1.165, 1.54) is 11.5 Å². The van der Waals surface area contributed by atoms with Crippen LogP contribution in [0.15, 0.2) is 51.9 Å². The molecule has 0 unspecified atom stereocenters. The number of halogens is 2. The maximum absolute atomic E-state index is 6.43. The summed E-state index contributed by atoms with van der Waals surface area (Å²) in [6, 6.07) is 13.7. The van der Waals surface area contributed by atoms with Crippen molar-refractivity contribution in [1.29, 1.82) is 0 Å². The van der Waals surface area contributed by atoms with Gasteiger partial charge in [-0.05, 0) is 47.5 Å². The molecule has 0 saturated heterocycles. The molecule has 3 rings (SSSR count). The van der Waals surface area contributed by atoms with E-state index in [1.54, 1.807) is 6.34 Å². The number of benzene rings is 2. The SMILES string of the molecule is CCN(C)C=Nc1cc(Cl)c(Oc2snc(-c3ccccc3)c2Br)cc1C. The molecule has 0 amide bonds. The van der Waals surface area contributed by atoms with Crippen molar-refractivity contribution in [3.63, 3.8) is 0 Å². The van der Waals surface area contributed by atoms with Crippen LogP contribution in [-0.4, -0.2) is 29.2 Å². The predicted molar refractivity (Wildman–Crippen MR) is 118 cm³/mol. The Balaban J connectivity index is 1.85. The van der Waals surface area contributed by atoms with Crippen molar-refractivity contribution in [1.82, 2.24) is 9.27 Å². The Morgan fingerprint density at radius 2 is 2.04 bits per heavy atom. The number of ether oxygens (including phenoxy) is 1. The summed E-state index contributed by atoms with van der Waals surface area (Å²) in [4.78, 5) is 6.49. The zero-order valence-corrected chi connectivity index (χ0v) is 18.4. The van der Waals surface area contributed by atoms with Crippen LogP contribution in [0.1, 0.15) is 12.5 Å². The van der Waals surface area contributed by atoms with Gasteiger partial charge in [-0.1, -0.05) is 41.9 Å². The summed E-state index contributed by atoms with van der Waals surface area (Å²) < 4.78 is 11.4. The van der Waals surface area contributed by atoms with Crippen LogP contribution in [0.5, 0.6) is 10.8 Å². The van der Waals surface area contributed by atoms with E-state index in [-0.39, 0.29) is 0 Å². The molecule has 4 nitrogen and oxygen atoms in total. The van der Waals surface area contributed by atoms with Crippen LogP contribution in [0.25, 0.3) is 11.3 Å². The summed E-state index contributed by atoms with van der Waals surface area (Å²) in [5.74, 6) is 0.584. The Bertz CT molecular complexity index is 959. The molecule has 0 saturated carbocycles. The largest absolute Gasteiger partial charge is 0.442 e. The van der Waals surface area contributed by atoms with Crippen LogP contribution < -0.4 is 4.74 Å². The highest BCUT2D eigenvalue weighted by Gasteiger charge is 2.16. The highest BCUT2D eigenvalue weighted by atomic mass is 79.9. The molecule has 0 atom stereocenters. The van der Waals surface area contributed by atoms with Crippen LogP contribution in [0.4, 0.5) is 5.69 Å². The second-order valence-electron chi connectivity index (χ2n) is 5.99. The number of hydrogen-bond donors (Lipinski definition) is 0. The third-order valence-electron chi connectivity index (χ3n) is 4.00. The lowest BCUT2D eigenvalue weighted by Crippen LogP contribution is -2.14. The van der Waals surface area contributed by atoms with E-state index in [4.69, 9.17) is 16.3 Å². The molecule has 0 N–H and O–H groups in total. The van der Waals surface area contributed by atoms with Crippen molar-refractivity contribution in [2.45, 2.75) is 13.8 Å². The van der Waals surface area contributed by atoms with E-state index in [1.807, 2.05) is 61.3 Å². The van der Waals surface area contributed by atoms with E-state index < -0.39 is 0 Å². The molecular formula is C20H19BrClN3OS. The van der Waals surface area contributed by atoms with E-state index in [9.17, 15) is 0 Å². The lowest BCUT2D eigenvalue weighted by molar-refractivity contribution is 0.494. The maximum atomic E-state index is 6.43. The Morgan fingerprint density at radius 3 is 2.74 bits per heavy atom. The summed E-state index contributed by atoms with van der Waals surface area (Å²) in [7, 11) is 1.98. The van der Waals surface area contributed by atoms with Gasteiger partial charge >= 0.3 is 0 Å². The van der Waals surface area contributed by atoms with Crippen molar-refractivity contribution in [3.05, 3.63) is 57.5 Å². The molecule has 2 aromatic carbocycles. The Kier molecular flexibility index (Phi) is 6.52. The molecule has 0 fully saturated rings. The minimum Gasteiger partial charge on any atom is -0.442 e. The molecular weight excluding hydrogens is 446 g/mol. The molecule has 7 heteroatoms. The van der Waals surface area contributed by atoms with Crippen LogP contribution in [0.3, 0.4) is 0 Å². The second kappa shape index (κ2) is 8.87.